The Bertz CT molecular complexity index is 716. The second-order valence-corrected chi connectivity index (χ2v) is 7.04. The fraction of sp³-hybridized carbons (Fsp3) is 0.385. The number of carbonyl (C=O) groups is 1. The van der Waals surface area contributed by atoms with Gasteiger partial charge in [0, 0.05) is 34.7 Å². The van der Waals surface area contributed by atoms with Crippen molar-refractivity contribution in [3.05, 3.63) is 32.8 Å². The lowest BCUT2D eigenvalue weighted by molar-refractivity contribution is -0.117. The Morgan fingerprint density at radius 3 is 3.14 bits per heavy atom. The van der Waals surface area contributed by atoms with Gasteiger partial charge in [-0.3, -0.25) is 9.69 Å². The van der Waals surface area contributed by atoms with Gasteiger partial charge in [-0.1, -0.05) is 5.11 Å². The molecule has 1 saturated heterocycles. The first-order chi connectivity index (χ1) is 10.2. The number of azide groups is 1. The first kappa shape index (κ1) is 14.1. The molecule has 0 aliphatic carbocycles. The van der Waals surface area contributed by atoms with Crippen LogP contribution in [0.25, 0.3) is 21.0 Å². The van der Waals surface area contributed by atoms with E-state index in [1.165, 1.54) is 16.2 Å². The van der Waals surface area contributed by atoms with E-state index in [9.17, 15) is 4.79 Å². The third-order valence-corrected chi connectivity index (χ3v) is 5.21. The van der Waals surface area contributed by atoms with Gasteiger partial charge in [-0.25, -0.2) is 4.98 Å². The first-order valence-electron chi connectivity index (χ1n) is 6.51. The quantitative estimate of drug-likeness (QED) is 0.487. The Labute approximate surface area is 129 Å². The minimum Gasteiger partial charge on any atom is -0.288 e. The van der Waals surface area contributed by atoms with Gasteiger partial charge in [-0.05, 0) is 30.5 Å². The van der Waals surface area contributed by atoms with Crippen molar-refractivity contribution in [3.8, 4) is 10.6 Å². The summed E-state index contributed by atoms with van der Waals surface area (Å²) in [7, 11) is 0. The fourth-order valence-electron chi connectivity index (χ4n) is 2.31. The van der Waals surface area contributed by atoms with Crippen LogP contribution in [0.2, 0.25) is 0 Å². The number of rotatable bonds is 4. The van der Waals surface area contributed by atoms with E-state index in [-0.39, 0.29) is 11.8 Å². The van der Waals surface area contributed by atoms with Gasteiger partial charge in [0.15, 0.2) is 5.13 Å². The van der Waals surface area contributed by atoms with Crippen LogP contribution in [0.3, 0.4) is 0 Å². The highest BCUT2D eigenvalue weighted by Gasteiger charge is 2.31. The number of thiazole rings is 1. The van der Waals surface area contributed by atoms with Crippen LogP contribution in [0.5, 0.6) is 0 Å². The van der Waals surface area contributed by atoms with Gasteiger partial charge in [0.1, 0.15) is 0 Å². The zero-order chi connectivity index (χ0) is 14.8. The molecule has 0 radical (unpaired) electrons. The maximum absolute atomic E-state index is 12.1. The van der Waals surface area contributed by atoms with Gasteiger partial charge >= 0.3 is 0 Å². The summed E-state index contributed by atoms with van der Waals surface area (Å²) >= 11 is 3.17. The molecule has 0 aromatic carbocycles. The first-order valence-corrected chi connectivity index (χ1v) is 8.20. The molecule has 2 aromatic heterocycles. The molecule has 1 amide bonds. The van der Waals surface area contributed by atoms with E-state index in [1.54, 1.807) is 16.2 Å². The molecule has 1 fully saturated rings. The Morgan fingerprint density at radius 2 is 2.43 bits per heavy atom. The molecule has 0 N–H and O–H groups in total. The van der Waals surface area contributed by atoms with E-state index in [0.717, 1.165) is 15.7 Å². The molecule has 21 heavy (non-hydrogen) atoms. The average molecular weight is 319 g/mol. The van der Waals surface area contributed by atoms with E-state index in [2.05, 4.69) is 34.1 Å². The summed E-state index contributed by atoms with van der Waals surface area (Å²) in [5.74, 6) is 0.140. The summed E-state index contributed by atoms with van der Waals surface area (Å²) in [5, 5.41) is 6.27. The fourth-order valence-corrected chi connectivity index (χ4v) is 4.07. The van der Waals surface area contributed by atoms with Crippen molar-refractivity contribution in [1.29, 1.82) is 0 Å². The lowest BCUT2D eigenvalue weighted by Gasteiger charge is -2.11. The zero-order valence-electron chi connectivity index (χ0n) is 11.4. The van der Waals surface area contributed by atoms with Gasteiger partial charge < -0.3 is 0 Å². The summed E-state index contributed by atoms with van der Waals surface area (Å²) < 4.78 is 0. The van der Waals surface area contributed by atoms with E-state index in [1.807, 2.05) is 5.38 Å². The van der Waals surface area contributed by atoms with Crippen molar-refractivity contribution in [1.82, 2.24) is 4.98 Å². The monoisotopic (exact) mass is 319 g/mol. The highest BCUT2D eigenvalue weighted by atomic mass is 32.1. The highest BCUT2D eigenvalue weighted by Crippen LogP contribution is 2.34. The van der Waals surface area contributed by atoms with Gasteiger partial charge in [0.25, 0.3) is 0 Å². The predicted octanol–water partition coefficient (Wildman–Crippen LogP) is 3.84. The van der Waals surface area contributed by atoms with Crippen molar-refractivity contribution < 1.29 is 4.79 Å². The highest BCUT2D eigenvalue weighted by molar-refractivity contribution is 7.17. The van der Waals surface area contributed by atoms with Gasteiger partial charge in [-0.2, -0.15) is 0 Å². The molecule has 108 valence electrons. The Morgan fingerprint density at radius 1 is 1.57 bits per heavy atom. The van der Waals surface area contributed by atoms with Gasteiger partial charge in [0.2, 0.25) is 5.91 Å². The zero-order valence-corrected chi connectivity index (χ0v) is 13.0. The minimum atomic E-state index is 0.0522. The van der Waals surface area contributed by atoms with Crippen molar-refractivity contribution >= 4 is 33.7 Å². The number of amides is 1. The summed E-state index contributed by atoms with van der Waals surface area (Å²) in [6, 6.07) is 4.12. The molecule has 0 spiro atoms. The Balaban J connectivity index is 1.77. The van der Waals surface area contributed by atoms with Crippen LogP contribution in [0.15, 0.2) is 22.6 Å². The van der Waals surface area contributed by atoms with Gasteiger partial charge in [0.05, 0.1) is 10.6 Å². The standard InChI is InChI=1S/C13H13N5OS2/c1-8-2-3-11(21-8)10-7-20-13(16-10)18-6-9(4-12(18)19)5-15-17-14/h2-3,7,9H,4-6H2,1H3. The topological polar surface area (TPSA) is 82.0 Å². The number of aryl methyl sites for hydroxylation is 1. The number of carbonyl (C=O) groups excluding carboxylic acids is 1. The SMILES string of the molecule is Cc1ccc(-c2csc(N3CC(CN=[N+]=[N-])CC3=O)n2)s1. The number of hydrogen-bond donors (Lipinski definition) is 0. The molecular weight excluding hydrogens is 306 g/mol. The number of hydrogen-bond acceptors (Lipinski definition) is 5. The molecule has 3 heterocycles. The molecule has 0 bridgehead atoms. The number of aromatic nitrogens is 1. The second-order valence-electron chi connectivity index (χ2n) is 4.91. The van der Waals surface area contributed by atoms with Crippen LogP contribution >= 0.6 is 22.7 Å². The largest absolute Gasteiger partial charge is 0.288 e. The van der Waals surface area contributed by atoms with Crippen LogP contribution in [0, 0.1) is 12.8 Å². The third-order valence-electron chi connectivity index (χ3n) is 3.32. The molecule has 3 rings (SSSR count). The number of nitrogens with zero attached hydrogens (tertiary/aromatic N) is 5. The Kier molecular flexibility index (Phi) is 3.92. The lowest BCUT2D eigenvalue weighted by atomic mass is 10.1. The molecule has 1 aliphatic rings. The molecule has 1 unspecified atom stereocenters. The van der Waals surface area contributed by atoms with Crippen molar-refractivity contribution in [2.75, 3.05) is 18.0 Å². The molecule has 2 aromatic rings. The van der Waals surface area contributed by atoms with Crippen molar-refractivity contribution in [2.45, 2.75) is 13.3 Å². The molecular formula is C13H13N5OS2. The summed E-state index contributed by atoms with van der Waals surface area (Å²) in [6.45, 7) is 3.00. The van der Waals surface area contributed by atoms with Crippen LogP contribution in [0.1, 0.15) is 11.3 Å². The minimum absolute atomic E-state index is 0.0522. The van der Waals surface area contributed by atoms with Crippen LogP contribution in [0.4, 0.5) is 5.13 Å². The summed E-state index contributed by atoms with van der Waals surface area (Å²) in [5.41, 5.74) is 9.27. The van der Waals surface area contributed by atoms with Crippen LogP contribution < -0.4 is 4.90 Å². The average Bonchev–Trinajstić information content (AvgIpc) is 3.15. The predicted molar refractivity (Wildman–Crippen MR) is 84.6 cm³/mol. The van der Waals surface area contributed by atoms with E-state index >= 15 is 0 Å². The molecule has 1 aliphatic heterocycles. The van der Waals surface area contributed by atoms with E-state index < -0.39 is 0 Å². The van der Waals surface area contributed by atoms with Crippen LogP contribution in [-0.2, 0) is 4.79 Å². The molecule has 1 atom stereocenters. The number of thiophene rings is 1. The Hall–Kier alpha value is -1.89. The molecule has 8 heteroatoms. The maximum Gasteiger partial charge on any atom is 0.229 e. The normalized spacial score (nSPS) is 18.0. The van der Waals surface area contributed by atoms with Crippen molar-refractivity contribution in [2.24, 2.45) is 11.0 Å². The van der Waals surface area contributed by atoms with E-state index in [0.29, 0.717) is 19.5 Å². The molecule has 0 saturated carbocycles. The summed E-state index contributed by atoms with van der Waals surface area (Å²) in [6.07, 6.45) is 0.423. The van der Waals surface area contributed by atoms with E-state index in [4.69, 9.17) is 5.53 Å². The maximum atomic E-state index is 12.1. The smallest absolute Gasteiger partial charge is 0.229 e. The lowest BCUT2D eigenvalue weighted by Crippen LogP contribution is -2.24. The summed E-state index contributed by atoms with van der Waals surface area (Å²) in [4.78, 5) is 23.4. The third kappa shape index (κ3) is 2.92. The number of anilines is 1. The molecule has 6 nitrogen and oxygen atoms in total. The van der Waals surface area contributed by atoms with Crippen LogP contribution in [-0.4, -0.2) is 24.0 Å². The van der Waals surface area contributed by atoms with Gasteiger partial charge in [-0.15, -0.1) is 22.7 Å². The second kappa shape index (κ2) is 5.85. The van der Waals surface area contributed by atoms with Crippen molar-refractivity contribution in [3.63, 3.8) is 0 Å².